The van der Waals surface area contributed by atoms with Gasteiger partial charge in [0.25, 0.3) is 0 Å². The maximum atomic E-state index is 5.34. The van der Waals surface area contributed by atoms with Crippen molar-refractivity contribution in [3.63, 3.8) is 0 Å². The maximum Gasteiger partial charge on any atom is 0 e. The Morgan fingerprint density at radius 1 is 1.33 bits per heavy atom. The first-order valence-corrected chi connectivity index (χ1v) is 2.58. The zero-order valence-electron chi connectivity index (χ0n) is 4.88. The SMILES string of the molecule is NCc1cc[c-]cc1.[Er]. The van der Waals surface area contributed by atoms with Gasteiger partial charge in [0, 0.05) is 37.3 Å². The predicted molar refractivity (Wildman–Crippen MR) is 33.2 cm³/mol. The largest absolute Gasteiger partial charge is 0.328 e. The molecule has 1 aromatic carbocycles. The number of rotatable bonds is 1. The Hall–Kier alpha value is 0.427. The van der Waals surface area contributed by atoms with Gasteiger partial charge in [0.1, 0.15) is 0 Å². The summed E-state index contributed by atoms with van der Waals surface area (Å²) in [6.07, 6.45) is 0. The van der Waals surface area contributed by atoms with Gasteiger partial charge in [0.2, 0.25) is 0 Å². The predicted octanol–water partition coefficient (Wildman–Crippen LogP) is 0.945. The minimum atomic E-state index is 0. The topological polar surface area (TPSA) is 26.0 Å². The van der Waals surface area contributed by atoms with Gasteiger partial charge in [-0.15, -0.1) is 5.56 Å². The average molecular weight is 273 g/mol. The van der Waals surface area contributed by atoms with Gasteiger partial charge >= 0.3 is 0 Å². The van der Waals surface area contributed by atoms with E-state index in [0.29, 0.717) is 6.54 Å². The normalized spacial score (nSPS) is 8.11. The van der Waals surface area contributed by atoms with Crippen LogP contribution in [0.2, 0.25) is 0 Å². The van der Waals surface area contributed by atoms with Crippen LogP contribution in [0.1, 0.15) is 5.56 Å². The van der Waals surface area contributed by atoms with Crippen LogP contribution in [0.25, 0.3) is 0 Å². The van der Waals surface area contributed by atoms with Gasteiger partial charge in [0.15, 0.2) is 0 Å². The molecule has 2 heteroatoms. The molecule has 0 aliphatic carbocycles. The Balaban J connectivity index is 0.000000640. The molecule has 9 heavy (non-hydrogen) atoms. The summed E-state index contributed by atoms with van der Waals surface area (Å²) in [6, 6.07) is 10.6. The average Bonchev–Trinajstić information content (AvgIpc) is 1.90. The fourth-order valence-electron chi connectivity index (χ4n) is 0.557. The zero-order chi connectivity index (χ0) is 5.82. The van der Waals surface area contributed by atoms with E-state index in [9.17, 15) is 0 Å². The molecule has 0 unspecified atom stereocenters. The summed E-state index contributed by atoms with van der Waals surface area (Å²) in [7, 11) is 0. The third-order valence-electron chi connectivity index (χ3n) is 1.02. The standard InChI is InChI=1S/C7H8N.Er/c8-6-7-4-2-1-3-5-7;/h2-5H,6,8H2;/q-1;. The monoisotopic (exact) mass is 272 g/mol. The van der Waals surface area contributed by atoms with Gasteiger partial charge in [-0.3, -0.25) is 0 Å². The van der Waals surface area contributed by atoms with Crippen LogP contribution in [0.15, 0.2) is 24.3 Å². The fraction of sp³-hybridized carbons (Fsp3) is 0.143. The van der Waals surface area contributed by atoms with Gasteiger partial charge in [-0.05, 0) is 6.54 Å². The van der Waals surface area contributed by atoms with Gasteiger partial charge in [-0.25, -0.2) is 0 Å². The second kappa shape index (κ2) is 5.23. The smallest absolute Gasteiger partial charge is 0 e. The molecule has 0 atom stereocenters. The van der Waals surface area contributed by atoms with Crippen LogP contribution in [0, 0.1) is 43.4 Å². The third-order valence-corrected chi connectivity index (χ3v) is 1.02. The summed E-state index contributed by atoms with van der Waals surface area (Å²) < 4.78 is 0. The van der Waals surface area contributed by atoms with Crippen molar-refractivity contribution in [2.24, 2.45) is 5.73 Å². The van der Waals surface area contributed by atoms with Crippen LogP contribution < -0.4 is 5.73 Å². The van der Waals surface area contributed by atoms with Crippen LogP contribution in [-0.4, -0.2) is 0 Å². The van der Waals surface area contributed by atoms with Gasteiger partial charge in [-0.1, -0.05) is 0 Å². The molecule has 0 aliphatic rings. The van der Waals surface area contributed by atoms with Crippen molar-refractivity contribution in [1.29, 1.82) is 0 Å². The van der Waals surface area contributed by atoms with E-state index in [1.807, 2.05) is 24.3 Å². The van der Waals surface area contributed by atoms with Crippen molar-refractivity contribution in [3.8, 4) is 0 Å². The van der Waals surface area contributed by atoms with Crippen LogP contribution in [-0.2, 0) is 6.54 Å². The van der Waals surface area contributed by atoms with E-state index >= 15 is 0 Å². The van der Waals surface area contributed by atoms with E-state index in [1.165, 1.54) is 0 Å². The van der Waals surface area contributed by atoms with Crippen molar-refractivity contribution < 1.29 is 37.3 Å². The molecular weight excluding hydrogens is 265 g/mol. The molecule has 2 N–H and O–H groups in total. The molecule has 1 nitrogen and oxygen atoms in total. The first kappa shape index (κ1) is 9.43. The van der Waals surface area contributed by atoms with Gasteiger partial charge in [-0.2, -0.15) is 30.3 Å². The number of hydrogen-bond donors (Lipinski definition) is 1. The molecule has 54 valence electrons. The zero-order valence-corrected chi connectivity index (χ0v) is 6.73. The van der Waals surface area contributed by atoms with E-state index in [2.05, 4.69) is 6.07 Å². The van der Waals surface area contributed by atoms with Crippen molar-refractivity contribution in [2.45, 2.75) is 6.54 Å². The van der Waals surface area contributed by atoms with Crippen molar-refractivity contribution >= 4 is 0 Å². The molecule has 0 bridgehead atoms. The summed E-state index contributed by atoms with van der Waals surface area (Å²) >= 11 is 0. The molecule has 0 fully saturated rings. The van der Waals surface area contributed by atoms with E-state index < -0.39 is 0 Å². The number of hydrogen-bond acceptors (Lipinski definition) is 1. The third kappa shape index (κ3) is 3.20. The Morgan fingerprint density at radius 2 is 1.89 bits per heavy atom. The minimum absolute atomic E-state index is 0. The van der Waals surface area contributed by atoms with Gasteiger partial charge in [0.05, 0.1) is 0 Å². The summed E-state index contributed by atoms with van der Waals surface area (Å²) in [5, 5.41) is 0. The molecule has 0 aromatic heterocycles. The Morgan fingerprint density at radius 3 is 2.22 bits per heavy atom. The Bertz CT molecular complexity index is 150. The summed E-state index contributed by atoms with van der Waals surface area (Å²) in [5.41, 5.74) is 6.49. The van der Waals surface area contributed by atoms with Crippen LogP contribution >= 0.6 is 0 Å². The Kier molecular flexibility index (Phi) is 5.48. The molecule has 1 aromatic rings. The van der Waals surface area contributed by atoms with E-state index in [-0.39, 0.29) is 37.3 Å². The molecule has 0 spiro atoms. The second-order valence-electron chi connectivity index (χ2n) is 1.61. The first-order chi connectivity index (χ1) is 3.93. The van der Waals surface area contributed by atoms with E-state index in [0.717, 1.165) is 5.56 Å². The Labute approximate surface area is 84.8 Å². The van der Waals surface area contributed by atoms with Crippen molar-refractivity contribution in [3.05, 3.63) is 35.9 Å². The second-order valence-corrected chi connectivity index (χ2v) is 1.61. The summed E-state index contributed by atoms with van der Waals surface area (Å²) in [5.74, 6) is 0. The van der Waals surface area contributed by atoms with Gasteiger partial charge < -0.3 is 5.73 Å². The van der Waals surface area contributed by atoms with Crippen molar-refractivity contribution in [1.82, 2.24) is 0 Å². The number of benzene rings is 1. The van der Waals surface area contributed by atoms with Crippen LogP contribution in [0.3, 0.4) is 0 Å². The van der Waals surface area contributed by atoms with Crippen LogP contribution in [0.4, 0.5) is 0 Å². The molecule has 0 radical (unpaired) electrons. The number of nitrogens with two attached hydrogens (primary N) is 1. The summed E-state index contributed by atoms with van der Waals surface area (Å²) in [6.45, 7) is 0.620. The molecule has 0 heterocycles. The molecule has 0 saturated carbocycles. The van der Waals surface area contributed by atoms with E-state index in [4.69, 9.17) is 5.73 Å². The molecule has 0 saturated heterocycles. The van der Waals surface area contributed by atoms with E-state index in [1.54, 1.807) is 0 Å². The summed E-state index contributed by atoms with van der Waals surface area (Å²) in [4.78, 5) is 0. The maximum absolute atomic E-state index is 5.34. The molecule has 1 rings (SSSR count). The van der Waals surface area contributed by atoms with Crippen LogP contribution in [0.5, 0.6) is 0 Å². The fourth-order valence-corrected chi connectivity index (χ4v) is 0.557. The molecule has 0 aliphatic heterocycles. The van der Waals surface area contributed by atoms with Crippen molar-refractivity contribution in [2.75, 3.05) is 0 Å². The molecule has 0 amide bonds. The first-order valence-electron chi connectivity index (χ1n) is 2.58. The molecular formula is C7H8ErN-. The quantitative estimate of drug-likeness (QED) is 0.758. The minimum Gasteiger partial charge on any atom is -0.328 e.